The van der Waals surface area contributed by atoms with Crippen molar-refractivity contribution in [2.45, 2.75) is 19.9 Å². The summed E-state index contributed by atoms with van der Waals surface area (Å²) < 4.78 is 5.01. The van der Waals surface area contributed by atoms with E-state index < -0.39 is 0 Å². The summed E-state index contributed by atoms with van der Waals surface area (Å²) in [5.41, 5.74) is 0.370. The molecule has 0 spiro atoms. The summed E-state index contributed by atoms with van der Waals surface area (Å²) >= 11 is 0. The number of methoxy groups -OCH3 is 1. The van der Waals surface area contributed by atoms with E-state index in [1.165, 1.54) is 7.11 Å². The van der Waals surface area contributed by atoms with Crippen molar-refractivity contribution < 1.29 is 14.6 Å². The molecular formula is C12H18N2O3. The number of ether oxygens (including phenoxy) is 1. The number of rotatable bonds is 5. The fourth-order valence-corrected chi connectivity index (χ4v) is 1.40. The van der Waals surface area contributed by atoms with Crippen LogP contribution in [0.3, 0.4) is 0 Å². The molecule has 0 saturated heterocycles. The largest absolute Gasteiger partial charge is 0.480 e. The molecule has 1 aromatic heterocycles. The number of aliphatic hydroxyl groups is 1. The number of pyridine rings is 1. The third-order valence-corrected chi connectivity index (χ3v) is 2.53. The van der Waals surface area contributed by atoms with Gasteiger partial charge in [-0.05, 0) is 18.1 Å². The summed E-state index contributed by atoms with van der Waals surface area (Å²) in [6.07, 6.45) is 1.56. The molecule has 0 radical (unpaired) electrons. The Morgan fingerprint density at radius 3 is 2.82 bits per heavy atom. The number of nitrogens with zero attached hydrogens (tertiary/aromatic N) is 1. The van der Waals surface area contributed by atoms with Crippen molar-refractivity contribution in [3.8, 4) is 5.88 Å². The van der Waals surface area contributed by atoms with Gasteiger partial charge in [0.05, 0.1) is 19.8 Å². The lowest BCUT2D eigenvalue weighted by molar-refractivity contribution is 0.0893. The number of carbonyl (C=O) groups excluding carboxylic acids is 1. The van der Waals surface area contributed by atoms with E-state index in [4.69, 9.17) is 9.84 Å². The maximum absolute atomic E-state index is 12.0. The molecule has 0 aliphatic rings. The first-order chi connectivity index (χ1) is 8.10. The zero-order valence-electron chi connectivity index (χ0n) is 10.3. The summed E-state index contributed by atoms with van der Waals surface area (Å²) in [6, 6.07) is 3.03. The Labute approximate surface area is 101 Å². The number of hydrogen-bond donors (Lipinski definition) is 2. The number of nitrogens with one attached hydrogen (secondary N) is 1. The predicted molar refractivity (Wildman–Crippen MR) is 64.0 cm³/mol. The molecule has 0 aromatic carbocycles. The average molecular weight is 238 g/mol. The van der Waals surface area contributed by atoms with Crippen molar-refractivity contribution in [2.75, 3.05) is 13.7 Å². The Morgan fingerprint density at radius 2 is 2.29 bits per heavy atom. The molecule has 1 heterocycles. The van der Waals surface area contributed by atoms with Crippen molar-refractivity contribution in [3.63, 3.8) is 0 Å². The Kier molecular flexibility index (Phi) is 4.90. The highest BCUT2D eigenvalue weighted by atomic mass is 16.5. The molecule has 0 saturated carbocycles. The summed E-state index contributed by atoms with van der Waals surface area (Å²) in [5, 5.41) is 11.9. The molecule has 0 bridgehead atoms. The maximum Gasteiger partial charge on any atom is 0.257 e. The molecular weight excluding hydrogens is 220 g/mol. The van der Waals surface area contributed by atoms with Gasteiger partial charge in [-0.1, -0.05) is 13.8 Å². The van der Waals surface area contributed by atoms with Crippen LogP contribution in [-0.4, -0.2) is 35.8 Å². The molecule has 0 fully saturated rings. The predicted octanol–water partition coefficient (Wildman–Crippen LogP) is 0.837. The van der Waals surface area contributed by atoms with Crippen LogP contribution in [0.25, 0.3) is 0 Å². The Morgan fingerprint density at radius 1 is 1.59 bits per heavy atom. The smallest absolute Gasteiger partial charge is 0.257 e. The van der Waals surface area contributed by atoms with Crippen molar-refractivity contribution in [2.24, 2.45) is 5.92 Å². The molecule has 0 aliphatic carbocycles. The van der Waals surface area contributed by atoms with Gasteiger partial charge in [0.25, 0.3) is 5.91 Å². The first-order valence-electron chi connectivity index (χ1n) is 5.50. The minimum absolute atomic E-state index is 0.0913. The molecule has 1 rings (SSSR count). The minimum atomic E-state index is -0.289. The van der Waals surface area contributed by atoms with Crippen LogP contribution in [0, 0.1) is 5.92 Å². The van der Waals surface area contributed by atoms with Gasteiger partial charge >= 0.3 is 0 Å². The molecule has 5 nitrogen and oxygen atoms in total. The Balaban J connectivity index is 2.82. The molecule has 1 unspecified atom stereocenters. The van der Waals surface area contributed by atoms with E-state index in [1.54, 1.807) is 18.3 Å². The number of aliphatic hydroxyl groups excluding tert-OH is 1. The third-order valence-electron chi connectivity index (χ3n) is 2.53. The van der Waals surface area contributed by atoms with Gasteiger partial charge in [0.2, 0.25) is 5.88 Å². The van der Waals surface area contributed by atoms with Crippen LogP contribution in [-0.2, 0) is 0 Å². The van der Waals surface area contributed by atoms with Gasteiger partial charge in [-0.15, -0.1) is 0 Å². The normalized spacial score (nSPS) is 12.3. The Bertz CT molecular complexity index is 380. The van der Waals surface area contributed by atoms with Gasteiger partial charge < -0.3 is 15.2 Å². The van der Waals surface area contributed by atoms with Crippen LogP contribution in [0.5, 0.6) is 5.88 Å². The summed E-state index contributed by atoms with van der Waals surface area (Å²) in [4.78, 5) is 15.9. The second kappa shape index (κ2) is 6.20. The van der Waals surface area contributed by atoms with Crippen LogP contribution in [0.2, 0.25) is 0 Å². The van der Waals surface area contributed by atoms with Gasteiger partial charge in [0.15, 0.2) is 0 Å². The lowest BCUT2D eigenvalue weighted by atomic mass is 10.1. The van der Waals surface area contributed by atoms with E-state index in [9.17, 15) is 4.79 Å². The summed E-state index contributed by atoms with van der Waals surface area (Å²) in [5.74, 6) is 0.153. The molecule has 17 heavy (non-hydrogen) atoms. The van der Waals surface area contributed by atoms with Crippen molar-refractivity contribution in [1.82, 2.24) is 10.3 Å². The van der Waals surface area contributed by atoms with E-state index >= 15 is 0 Å². The minimum Gasteiger partial charge on any atom is -0.480 e. The van der Waals surface area contributed by atoms with E-state index in [-0.39, 0.29) is 30.4 Å². The maximum atomic E-state index is 12.0. The van der Waals surface area contributed by atoms with Gasteiger partial charge in [0, 0.05) is 6.20 Å². The van der Waals surface area contributed by atoms with Gasteiger partial charge in [-0.2, -0.15) is 0 Å². The summed E-state index contributed by atoms with van der Waals surface area (Å²) in [7, 11) is 1.46. The number of aromatic nitrogens is 1. The van der Waals surface area contributed by atoms with Crippen molar-refractivity contribution in [3.05, 3.63) is 23.9 Å². The van der Waals surface area contributed by atoms with Crippen LogP contribution in [0.4, 0.5) is 0 Å². The lowest BCUT2D eigenvalue weighted by Gasteiger charge is -2.20. The van der Waals surface area contributed by atoms with Crippen molar-refractivity contribution >= 4 is 5.91 Å². The molecule has 5 heteroatoms. The quantitative estimate of drug-likeness (QED) is 0.797. The standard InChI is InChI=1S/C12H18N2O3/c1-8(2)10(7-15)14-11(16)9-5-4-6-13-12(9)17-3/h4-6,8,10,15H,7H2,1-3H3,(H,14,16). The van der Waals surface area contributed by atoms with Gasteiger partial charge in [0.1, 0.15) is 5.56 Å². The number of hydrogen-bond acceptors (Lipinski definition) is 4. The first kappa shape index (κ1) is 13.4. The highest BCUT2D eigenvalue weighted by molar-refractivity contribution is 5.96. The second-order valence-corrected chi connectivity index (χ2v) is 4.07. The van der Waals surface area contributed by atoms with Crippen LogP contribution >= 0.6 is 0 Å². The van der Waals surface area contributed by atoms with Crippen LogP contribution in [0.15, 0.2) is 18.3 Å². The van der Waals surface area contributed by atoms with E-state index in [0.29, 0.717) is 5.56 Å². The summed E-state index contributed by atoms with van der Waals surface area (Å²) in [6.45, 7) is 3.77. The fourth-order valence-electron chi connectivity index (χ4n) is 1.40. The second-order valence-electron chi connectivity index (χ2n) is 4.07. The molecule has 2 N–H and O–H groups in total. The molecule has 1 atom stereocenters. The third kappa shape index (κ3) is 3.42. The Hall–Kier alpha value is -1.62. The molecule has 0 aliphatic heterocycles. The highest BCUT2D eigenvalue weighted by Gasteiger charge is 2.19. The zero-order valence-corrected chi connectivity index (χ0v) is 10.3. The SMILES string of the molecule is COc1ncccc1C(=O)NC(CO)C(C)C. The number of amides is 1. The first-order valence-corrected chi connectivity index (χ1v) is 5.50. The van der Waals surface area contributed by atoms with Gasteiger partial charge in [-0.3, -0.25) is 4.79 Å². The van der Waals surface area contributed by atoms with Crippen LogP contribution < -0.4 is 10.1 Å². The molecule has 1 amide bonds. The highest BCUT2D eigenvalue weighted by Crippen LogP contribution is 2.14. The van der Waals surface area contributed by atoms with Crippen LogP contribution in [0.1, 0.15) is 24.2 Å². The fraction of sp³-hybridized carbons (Fsp3) is 0.500. The average Bonchev–Trinajstić information content (AvgIpc) is 2.35. The monoisotopic (exact) mass is 238 g/mol. The molecule has 1 aromatic rings. The van der Waals surface area contributed by atoms with Crippen molar-refractivity contribution in [1.29, 1.82) is 0 Å². The lowest BCUT2D eigenvalue weighted by Crippen LogP contribution is -2.41. The van der Waals surface area contributed by atoms with E-state index in [0.717, 1.165) is 0 Å². The topological polar surface area (TPSA) is 71.5 Å². The van der Waals surface area contributed by atoms with E-state index in [2.05, 4.69) is 10.3 Å². The van der Waals surface area contributed by atoms with Gasteiger partial charge in [-0.25, -0.2) is 4.98 Å². The zero-order chi connectivity index (χ0) is 12.8. The molecule has 94 valence electrons. The number of carbonyl (C=O) groups is 1. The van der Waals surface area contributed by atoms with E-state index in [1.807, 2.05) is 13.8 Å².